The zero-order valence-corrected chi connectivity index (χ0v) is 10.4. The van der Waals surface area contributed by atoms with Gasteiger partial charge in [0.2, 0.25) is 0 Å². The fourth-order valence-corrected chi connectivity index (χ4v) is 1.44. The Morgan fingerprint density at radius 3 is 2.94 bits per heavy atom. The van der Waals surface area contributed by atoms with E-state index in [2.05, 4.69) is 20.6 Å². The molecule has 0 bridgehead atoms. The average molecular weight is 250 g/mol. The third-order valence-corrected chi connectivity index (χ3v) is 2.70. The summed E-state index contributed by atoms with van der Waals surface area (Å²) in [5.41, 5.74) is -0.116. The van der Waals surface area contributed by atoms with Crippen molar-refractivity contribution in [3.63, 3.8) is 0 Å². The molecule has 2 aromatic heterocycles. The van der Waals surface area contributed by atoms with Crippen molar-refractivity contribution in [2.75, 3.05) is 0 Å². The van der Waals surface area contributed by atoms with Crippen LogP contribution in [0, 0.1) is 0 Å². The number of rotatable bonds is 3. The van der Waals surface area contributed by atoms with E-state index in [1.54, 1.807) is 0 Å². The Morgan fingerprint density at radius 1 is 1.56 bits per heavy atom. The maximum absolute atomic E-state index is 11.9. The Bertz CT molecular complexity index is 643. The molecule has 0 aliphatic heterocycles. The first kappa shape index (κ1) is 12.2. The molecule has 0 radical (unpaired) electrons. The molecular formula is C10H14N6O2. The molecular weight excluding hydrogens is 236 g/mol. The second-order valence-corrected chi connectivity index (χ2v) is 4.07. The molecule has 0 fully saturated rings. The number of fused-ring (bicyclic) bond motifs is 1. The minimum Gasteiger partial charge on any atom is -0.348 e. The normalized spacial score (nSPS) is 12.6. The topological polar surface area (TPSA) is 94.2 Å². The molecule has 1 atom stereocenters. The largest absolute Gasteiger partial charge is 0.352 e. The summed E-state index contributed by atoms with van der Waals surface area (Å²) in [5, 5.41) is 10.2. The highest BCUT2D eigenvalue weighted by Gasteiger charge is 2.18. The maximum Gasteiger partial charge on any atom is 0.352 e. The standard InChI is InChI=1S/C10H14N6O2/c1-4-6(2)12-9(17)7-8-13-14-15(3)10(18)16(8)5-11-7/h5-6H,4H2,1-3H3,(H,12,17). The number of hydrogen-bond donors (Lipinski definition) is 1. The summed E-state index contributed by atoms with van der Waals surface area (Å²) >= 11 is 0. The van der Waals surface area contributed by atoms with E-state index in [1.165, 1.54) is 17.8 Å². The summed E-state index contributed by atoms with van der Waals surface area (Å²) in [6.45, 7) is 3.85. The van der Waals surface area contributed by atoms with Gasteiger partial charge in [-0.15, -0.1) is 5.10 Å². The fourth-order valence-electron chi connectivity index (χ4n) is 1.44. The van der Waals surface area contributed by atoms with E-state index in [4.69, 9.17) is 0 Å². The number of aryl methyl sites for hydroxylation is 1. The minimum atomic E-state index is -0.393. The highest BCUT2D eigenvalue weighted by Crippen LogP contribution is 2.03. The quantitative estimate of drug-likeness (QED) is 0.781. The first-order valence-corrected chi connectivity index (χ1v) is 5.62. The lowest BCUT2D eigenvalue weighted by Gasteiger charge is -2.09. The predicted octanol–water partition coefficient (Wildman–Crippen LogP) is -0.649. The molecule has 1 unspecified atom stereocenters. The van der Waals surface area contributed by atoms with Crippen molar-refractivity contribution < 1.29 is 4.79 Å². The zero-order valence-electron chi connectivity index (χ0n) is 10.4. The van der Waals surface area contributed by atoms with Crippen molar-refractivity contribution in [3.05, 3.63) is 22.5 Å². The van der Waals surface area contributed by atoms with Crippen molar-refractivity contribution in [2.24, 2.45) is 7.05 Å². The lowest BCUT2D eigenvalue weighted by Crippen LogP contribution is -2.33. The first-order valence-electron chi connectivity index (χ1n) is 5.62. The minimum absolute atomic E-state index is 0.0359. The summed E-state index contributed by atoms with van der Waals surface area (Å²) < 4.78 is 2.27. The van der Waals surface area contributed by atoms with Crippen LogP contribution in [0.3, 0.4) is 0 Å². The molecule has 8 heteroatoms. The molecule has 2 rings (SSSR count). The van der Waals surface area contributed by atoms with E-state index >= 15 is 0 Å². The monoisotopic (exact) mass is 250 g/mol. The van der Waals surface area contributed by atoms with Gasteiger partial charge in [0.05, 0.1) is 0 Å². The predicted molar refractivity (Wildman–Crippen MR) is 63.2 cm³/mol. The van der Waals surface area contributed by atoms with Gasteiger partial charge in [-0.25, -0.2) is 14.2 Å². The molecule has 0 aliphatic carbocycles. The fraction of sp³-hybridized carbons (Fsp3) is 0.500. The van der Waals surface area contributed by atoms with Gasteiger partial charge in [-0.1, -0.05) is 12.1 Å². The smallest absolute Gasteiger partial charge is 0.348 e. The molecule has 0 spiro atoms. The van der Waals surface area contributed by atoms with Crippen molar-refractivity contribution in [1.29, 1.82) is 0 Å². The lowest BCUT2D eigenvalue weighted by atomic mass is 10.2. The van der Waals surface area contributed by atoms with E-state index in [1.807, 2.05) is 13.8 Å². The van der Waals surface area contributed by atoms with Crippen LogP contribution in [0.25, 0.3) is 5.65 Å². The number of aromatic nitrogens is 5. The van der Waals surface area contributed by atoms with E-state index in [0.717, 1.165) is 11.1 Å². The molecule has 0 saturated carbocycles. The SMILES string of the molecule is CCC(C)NC(=O)c1ncn2c(=O)n(C)nnc12. The molecule has 1 amide bonds. The van der Waals surface area contributed by atoms with Crippen LogP contribution in [0.5, 0.6) is 0 Å². The van der Waals surface area contributed by atoms with Crippen LogP contribution in [0.2, 0.25) is 0 Å². The van der Waals surface area contributed by atoms with Gasteiger partial charge < -0.3 is 5.32 Å². The Balaban J connectivity index is 2.44. The highest BCUT2D eigenvalue weighted by atomic mass is 16.2. The van der Waals surface area contributed by atoms with E-state index in [9.17, 15) is 9.59 Å². The molecule has 2 aromatic rings. The van der Waals surface area contributed by atoms with E-state index < -0.39 is 5.69 Å². The lowest BCUT2D eigenvalue weighted by molar-refractivity contribution is 0.0936. The van der Waals surface area contributed by atoms with Crippen LogP contribution < -0.4 is 11.0 Å². The van der Waals surface area contributed by atoms with Crippen molar-refractivity contribution in [1.82, 2.24) is 29.7 Å². The van der Waals surface area contributed by atoms with Crippen LogP contribution in [0.1, 0.15) is 30.8 Å². The third-order valence-electron chi connectivity index (χ3n) is 2.70. The summed E-state index contributed by atoms with van der Waals surface area (Å²) in [6.07, 6.45) is 2.09. The Hall–Kier alpha value is -2.25. The molecule has 0 aliphatic rings. The number of carbonyl (C=O) groups excluding carboxylic acids is 1. The van der Waals surface area contributed by atoms with Gasteiger partial charge >= 0.3 is 5.69 Å². The zero-order chi connectivity index (χ0) is 13.3. The summed E-state index contributed by atoms with van der Waals surface area (Å²) in [4.78, 5) is 27.5. The molecule has 8 nitrogen and oxygen atoms in total. The van der Waals surface area contributed by atoms with Crippen LogP contribution >= 0.6 is 0 Å². The van der Waals surface area contributed by atoms with Gasteiger partial charge in [-0.05, 0) is 13.3 Å². The summed E-state index contributed by atoms with van der Waals surface area (Å²) in [5.74, 6) is -0.352. The molecule has 2 heterocycles. The Labute approximate surface area is 103 Å². The number of carbonyl (C=O) groups is 1. The van der Waals surface area contributed by atoms with Crippen LogP contribution in [0.4, 0.5) is 0 Å². The van der Waals surface area contributed by atoms with Gasteiger partial charge in [0.25, 0.3) is 5.91 Å². The summed E-state index contributed by atoms with van der Waals surface area (Å²) in [7, 11) is 1.48. The summed E-state index contributed by atoms with van der Waals surface area (Å²) in [6, 6.07) is 0.0359. The number of imidazole rings is 1. The Morgan fingerprint density at radius 2 is 2.28 bits per heavy atom. The average Bonchev–Trinajstić information content (AvgIpc) is 2.78. The van der Waals surface area contributed by atoms with Crippen molar-refractivity contribution in [3.8, 4) is 0 Å². The second kappa shape index (κ2) is 4.55. The molecule has 1 N–H and O–H groups in total. The highest BCUT2D eigenvalue weighted by molar-refractivity contribution is 5.97. The van der Waals surface area contributed by atoms with Crippen LogP contribution in [-0.2, 0) is 7.05 Å². The second-order valence-electron chi connectivity index (χ2n) is 4.07. The van der Waals surface area contributed by atoms with Gasteiger partial charge in [0.15, 0.2) is 11.3 Å². The van der Waals surface area contributed by atoms with Gasteiger partial charge in [-0.3, -0.25) is 4.79 Å². The van der Waals surface area contributed by atoms with E-state index in [0.29, 0.717) is 0 Å². The van der Waals surface area contributed by atoms with Gasteiger partial charge in [0.1, 0.15) is 6.33 Å². The first-order chi connectivity index (χ1) is 8.54. The molecule has 0 saturated heterocycles. The van der Waals surface area contributed by atoms with Crippen molar-refractivity contribution >= 4 is 11.6 Å². The molecule has 0 aromatic carbocycles. The van der Waals surface area contributed by atoms with Crippen LogP contribution in [-0.4, -0.2) is 36.3 Å². The van der Waals surface area contributed by atoms with Gasteiger partial charge in [-0.2, -0.15) is 4.68 Å². The van der Waals surface area contributed by atoms with Crippen LogP contribution in [0.15, 0.2) is 11.1 Å². The third kappa shape index (κ3) is 1.96. The Kier molecular flexibility index (Phi) is 3.09. The van der Waals surface area contributed by atoms with Gasteiger partial charge in [0, 0.05) is 13.1 Å². The number of nitrogens with zero attached hydrogens (tertiary/aromatic N) is 5. The maximum atomic E-state index is 11.9. The number of nitrogens with one attached hydrogen (secondary N) is 1. The molecule has 18 heavy (non-hydrogen) atoms. The molecule has 96 valence electrons. The number of hydrogen-bond acceptors (Lipinski definition) is 5. The number of amides is 1. The van der Waals surface area contributed by atoms with Crippen molar-refractivity contribution in [2.45, 2.75) is 26.3 Å². The van der Waals surface area contributed by atoms with E-state index in [-0.39, 0.29) is 23.3 Å².